The first-order valence-corrected chi connectivity index (χ1v) is 4.42. The molecule has 0 saturated carbocycles. The summed E-state index contributed by atoms with van der Waals surface area (Å²) in [6.07, 6.45) is 0.909. The predicted molar refractivity (Wildman–Crippen MR) is 35.1 cm³/mol. The zero-order chi connectivity index (χ0) is 8.36. The molecule has 0 aromatic carbocycles. The lowest BCUT2D eigenvalue weighted by Crippen LogP contribution is -2.37. The molecule has 0 rings (SSSR count). The third-order valence-electron chi connectivity index (χ3n) is 0.761. The van der Waals surface area contributed by atoms with Crippen LogP contribution in [0.15, 0.2) is 0 Å². The quantitative estimate of drug-likeness (QED) is 0.565. The summed E-state index contributed by atoms with van der Waals surface area (Å²) in [6, 6.07) is -1.06. The second-order valence-electron chi connectivity index (χ2n) is 1.95. The van der Waals surface area contributed by atoms with Gasteiger partial charge in [0.25, 0.3) is 0 Å². The van der Waals surface area contributed by atoms with E-state index in [4.69, 9.17) is 5.11 Å². The van der Waals surface area contributed by atoms with E-state index in [1.54, 1.807) is 0 Å². The topological polar surface area (TPSA) is 83.5 Å². The standard InChI is InChI=1S/C4H9NO4S/c1-3(4(6)7)5-10(2,8)9/h3,5H,1-2H3,(H,6,7)/t3-/m0/s1. The van der Waals surface area contributed by atoms with Crippen LogP contribution in [0.1, 0.15) is 6.92 Å². The zero-order valence-corrected chi connectivity index (χ0v) is 6.47. The smallest absolute Gasteiger partial charge is 0.321 e. The van der Waals surface area contributed by atoms with Crippen molar-refractivity contribution in [1.82, 2.24) is 4.72 Å². The molecule has 0 fully saturated rings. The van der Waals surface area contributed by atoms with E-state index in [0.717, 1.165) is 6.26 Å². The van der Waals surface area contributed by atoms with E-state index in [0.29, 0.717) is 0 Å². The number of carboxylic acid groups (broad SMARTS) is 1. The molecule has 60 valence electrons. The highest BCUT2D eigenvalue weighted by Gasteiger charge is 2.14. The Labute approximate surface area is 59.1 Å². The molecule has 0 aliphatic rings. The molecule has 0 radical (unpaired) electrons. The van der Waals surface area contributed by atoms with Crippen molar-refractivity contribution in [1.29, 1.82) is 0 Å². The van der Waals surface area contributed by atoms with E-state index in [9.17, 15) is 13.2 Å². The molecule has 0 amide bonds. The van der Waals surface area contributed by atoms with Crippen LogP contribution in [-0.4, -0.2) is 31.8 Å². The molecule has 5 nitrogen and oxygen atoms in total. The van der Waals surface area contributed by atoms with Crippen LogP contribution in [0.3, 0.4) is 0 Å². The molecule has 0 heterocycles. The van der Waals surface area contributed by atoms with E-state index in [1.807, 2.05) is 4.72 Å². The first-order valence-electron chi connectivity index (χ1n) is 2.53. The largest absolute Gasteiger partial charge is 0.480 e. The molecule has 0 saturated heterocycles. The van der Waals surface area contributed by atoms with Crippen molar-refractivity contribution in [3.8, 4) is 0 Å². The second kappa shape index (κ2) is 2.98. The zero-order valence-electron chi connectivity index (χ0n) is 5.66. The van der Waals surface area contributed by atoms with Crippen LogP contribution in [0.2, 0.25) is 0 Å². The SMILES string of the molecule is C[C@H](NS(C)(=O)=O)C(=O)O. The number of nitrogens with one attached hydrogen (secondary N) is 1. The van der Waals surface area contributed by atoms with Crippen LogP contribution in [0.5, 0.6) is 0 Å². The highest BCUT2D eigenvalue weighted by atomic mass is 32.2. The molecule has 2 N–H and O–H groups in total. The van der Waals surface area contributed by atoms with Gasteiger partial charge < -0.3 is 5.11 Å². The maximum atomic E-state index is 10.4. The summed E-state index contributed by atoms with van der Waals surface area (Å²) in [5, 5.41) is 8.22. The molecule has 0 aromatic heterocycles. The molecule has 1 atom stereocenters. The number of aliphatic carboxylic acids is 1. The number of carboxylic acids is 1. The Bertz CT molecular complexity index is 219. The predicted octanol–water partition coefficient (Wildman–Crippen LogP) is -0.991. The van der Waals surface area contributed by atoms with Crippen molar-refractivity contribution in [2.75, 3.05) is 6.26 Å². The highest BCUT2D eigenvalue weighted by Crippen LogP contribution is 1.83. The van der Waals surface area contributed by atoms with Crippen molar-refractivity contribution >= 4 is 16.0 Å². The number of carbonyl (C=O) groups is 1. The summed E-state index contributed by atoms with van der Waals surface area (Å²) in [6.45, 7) is 1.25. The Balaban J connectivity index is 4.06. The van der Waals surface area contributed by atoms with Gasteiger partial charge in [-0.3, -0.25) is 4.79 Å². The number of sulfonamides is 1. The number of rotatable bonds is 3. The summed E-state index contributed by atoms with van der Waals surface area (Å²) in [4.78, 5) is 10.1. The lowest BCUT2D eigenvalue weighted by Gasteiger charge is -2.04. The van der Waals surface area contributed by atoms with Crippen molar-refractivity contribution < 1.29 is 18.3 Å². The van der Waals surface area contributed by atoms with Gasteiger partial charge in [0, 0.05) is 0 Å². The van der Waals surface area contributed by atoms with Gasteiger partial charge in [-0.1, -0.05) is 0 Å². The summed E-state index contributed by atoms with van der Waals surface area (Å²) < 4.78 is 22.6. The van der Waals surface area contributed by atoms with Crippen LogP contribution in [-0.2, 0) is 14.8 Å². The van der Waals surface area contributed by atoms with Crippen molar-refractivity contribution in [3.05, 3.63) is 0 Å². The average molecular weight is 167 g/mol. The number of hydrogen-bond donors (Lipinski definition) is 2. The van der Waals surface area contributed by atoms with E-state index < -0.39 is 22.0 Å². The molecular formula is C4H9NO4S. The molecule has 0 aromatic rings. The van der Waals surface area contributed by atoms with Crippen molar-refractivity contribution in [3.63, 3.8) is 0 Å². The fraction of sp³-hybridized carbons (Fsp3) is 0.750. The van der Waals surface area contributed by atoms with E-state index in [2.05, 4.69) is 0 Å². The minimum atomic E-state index is -3.40. The lowest BCUT2D eigenvalue weighted by molar-refractivity contribution is -0.138. The maximum Gasteiger partial charge on any atom is 0.321 e. The average Bonchev–Trinajstić information content (AvgIpc) is 1.60. The van der Waals surface area contributed by atoms with Gasteiger partial charge in [0.15, 0.2) is 0 Å². The van der Waals surface area contributed by atoms with Gasteiger partial charge in [0.05, 0.1) is 6.26 Å². The Hall–Kier alpha value is -0.620. The highest BCUT2D eigenvalue weighted by molar-refractivity contribution is 7.88. The summed E-state index contributed by atoms with van der Waals surface area (Å²) in [5.74, 6) is -1.19. The summed E-state index contributed by atoms with van der Waals surface area (Å²) in [7, 11) is -3.40. The third-order valence-corrected chi connectivity index (χ3v) is 1.54. The lowest BCUT2D eigenvalue weighted by atomic mass is 10.4. The molecule has 0 aliphatic heterocycles. The first kappa shape index (κ1) is 9.38. The number of hydrogen-bond acceptors (Lipinski definition) is 3. The van der Waals surface area contributed by atoms with Gasteiger partial charge in [-0.25, -0.2) is 13.1 Å². The molecule has 0 spiro atoms. The molecular weight excluding hydrogens is 158 g/mol. The summed E-state index contributed by atoms with van der Waals surface area (Å²) >= 11 is 0. The van der Waals surface area contributed by atoms with E-state index in [-0.39, 0.29) is 0 Å². The molecule has 0 unspecified atom stereocenters. The Morgan fingerprint density at radius 1 is 1.60 bits per heavy atom. The minimum Gasteiger partial charge on any atom is -0.480 e. The first-order chi connectivity index (χ1) is 4.33. The van der Waals surface area contributed by atoms with E-state index in [1.165, 1.54) is 6.92 Å². The normalized spacial score (nSPS) is 14.6. The van der Waals surface area contributed by atoms with Gasteiger partial charge in [0.2, 0.25) is 10.0 Å². The molecule has 6 heteroatoms. The Morgan fingerprint density at radius 2 is 2.00 bits per heavy atom. The van der Waals surface area contributed by atoms with Crippen molar-refractivity contribution in [2.24, 2.45) is 0 Å². The molecule has 0 aliphatic carbocycles. The van der Waals surface area contributed by atoms with Gasteiger partial charge in [0.1, 0.15) is 6.04 Å². The minimum absolute atomic E-state index is 0.909. The Kier molecular flexibility index (Phi) is 2.79. The monoisotopic (exact) mass is 167 g/mol. The van der Waals surface area contributed by atoms with Crippen molar-refractivity contribution in [2.45, 2.75) is 13.0 Å². The second-order valence-corrected chi connectivity index (χ2v) is 3.73. The van der Waals surface area contributed by atoms with Crippen LogP contribution in [0.4, 0.5) is 0 Å². The Morgan fingerprint density at radius 3 is 2.10 bits per heavy atom. The van der Waals surface area contributed by atoms with Crippen LogP contribution >= 0.6 is 0 Å². The van der Waals surface area contributed by atoms with Crippen LogP contribution in [0, 0.1) is 0 Å². The molecule has 0 bridgehead atoms. The summed E-state index contributed by atoms with van der Waals surface area (Å²) in [5.41, 5.74) is 0. The van der Waals surface area contributed by atoms with Gasteiger partial charge >= 0.3 is 5.97 Å². The van der Waals surface area contributed by atoms with Crippen LogP contribution in [0.25, 0.3) is 0 Å². The van der Waals surface area contributed by atoms with Gasteiger partial charge in [-0.15, -0.1) is 0 Å². The maximum absolute atomic E-state index is 10.4. The van der Waals surface area contributed by atoms with E-state index >= 15 is 0 Å². The third kappa shape index (κ3) is 4.28. The fourth-order valence-corrected chi connectivity index (χ4v) is 1.11. The molecule has 10 heavy (non-hydrogen) atoms. The van der Waals surface area contributed by atoms with Crippen LogP contribution < -0.4 is 4.72 Å². The van der Waals surface area contributed by atoms with Gasteiger partial charge in [-0.2, -0.15) is 0 Å². The fourth-order valence-electron chi connectivity index (χ4n) is 0.372. The van der Waals surface area contributed by atoms with Gasteiger partial charge in [-0.05, 0) is 6.92 Å².